The van der Waals surface area contributed by atoms with E-state index in [0.717, 1.165) is 27.8 Å². The van der Waals surface area contributed by atoms with Crippen molar-refractivity contribution in [1.82, 2.24) is 15.1 Å². The van der Waals surface area contributed by atoms with Crippen LogP contribution in [0.1, 0.15) is 44.3 Å². The van der Waals surface area contributed by atoms with Crippen LogP contribution in [0.2, 0.25) is 0 Å². The smallest absolute Gasteiger partial charge is 0.273 e. The third-order valence-corrected chi connectivity index (χ3v) is 6.06. The highest BCUT2D eigenvalue weighted by Gasteiger charge is 2.42. The van der Waals surface area contributed by atoms with E-state index in [1.165, 1.54) is 6.07 Å². The number of rotatable bonds is 5. The van der Waals surface area contributed by atoms with Gasteiger partial charge in [0.15, 0.2) is 0 Å². The number of carbonyl (C=O) groups is 1. The first kappa shape index (κ1) is 20.6. The van der Waals surface area contributed by atoms with Crippen LogP contribution in [-0.2, 0) is 6.54 Å². The van der Waals surface area contributed by atoms with Crippen LogP contribution in [0.15, 0.2) is 72.8 Å². The van der Waals surface area contributed by atoms with Crippen molar-refractivity contribution in [3.63, 3.8) is 0 Å². The Morgan fingerprint density at radius 3 is 2.33 bits per heavy atom. The number of nitro groups is 1. The molecule has 0 aliphatic carbocycles. The van der Waals surface area contributed by atoms with Gasteiger partial charge in [0.05, 0.1) is 16.7 Å². The van der Waals surface area contributed by atoms with Crippen molar-refractivity contribution in [1.29, 1.82) is 0 Å². The largest absolute Gasteiger partial charge is 0.322 e. The zero-order valence-corrected chi connectivity index (χ0v) is 18.3. The Kier molecular flexibility index (Phi) is 5.01. The Hall–Kier alpha value is -4.26. The topological polar surface area (TPSA) is 92.1 Å². The molecular formula is C26H22N4O3. The van der Waals surface area contributed by atoms with Crippen molar-refractivity contribution in [3.05, 3.63) is 116 Å². The number of aryl methyl sites for hydroxylation is 2. The molecule has 1 N–H and O–H groups in total. The maximum atomic E-state index is 13.5. The summed E-state index contributed by atoms with van der Waals surface area (Å²) in [6.07, 6.45) is 0. The van der Waals surface area contributed by atoms with Crippen molar-refractivity contribution in [3.8, 4) is 11.3 Å². The number of H-pyrrole nitrogens is 1. The third-order valence-electron chi connectivity index (χ3n) is 6.06. The zero-order chi connectivity index (χ0) is 23.1. The lowest BCUT2D eigenvalue weighted by Gasteiger charge is -2.26. The molecule has 0 radical (unpaired) electrons. The zero-order valence-electron chi connectivity index (χ0n) is 18.3. The lowest BCUT2D eigenvalue weighted by molar-refractivity contribution is -0.384. The summed E-state index contributed by atoms with van der Waals surface area (Å²) in [4.78, 5) is 26.3. The molecule has 0 fully saturated rings. The second-order valence-corrected chi connectivity index (χ2v) is 8.40. The van der Waals surface area contributed by atoms with Gasteiger partial charge in [-0.3, -0.25) is 20.0 Å². The number of hydrogen-bond acceptors (Lipinski definition) is 4. The molecule has 3 aromatic carbocycles. The molecule has 0 saturated heterocycles. The quantitative estimate of drug-likeness (QED) is 0.336. The standard InChI is InChI=1S/C26H22N4O3/c1-16-6-10-18(11-7-16)15-29-25(20-4-3-5-21(14-20)30(32)33)22-23(27-28-24(22)26(29)31)19-12-8-17(2)9-13-19/h3-14,25H,15H2,1-2H3,(H,27,28). The third kappa shape index (κ3) is 3.67. The molecule has 164 valence electrons. The average molecular weight is 438 g/mol. The fraction of sp³-hybridized carbons (Fsp3) is 0.154. The second kappa shape index (κ2) is 8.02. The summed E-state index contributed by atoms with van der Waals surface area (Å²) < 4.78 is 0. The maximum Gasteiger partial charge on any atom is 0.273 e. The second-order valence-electron chi connectivity index (χ2n) is 8.40. The number of non-ortho nitro benzene ring substituents is 1. The molecule has 0 bridgehead atoms. The first-order chi connectivity index (χ1) is 15.9. The minimum Gasteiger partial charge on any atom is -0.322 e. The van der Waals surface area contributed by atoms with E-state index < -0.39 is 11.0 Å². The SMILES string of the molecule is Cc1ccc(CN2C(=O)c3[nH]nc(-c4ccc(C)cc4)c3C2c2cccc([N+](=O)[O-])c2)cc1. The Morgan fingerprint density at radius 2 is 1.67 bits per heavy atom. The highest BCUT2D eigenvalue weighted by atomic mass is 16.6. The Morgan fingerprint density at radius 1 is 1.00 bits per heavy atom. The van der Waals surface area contributed by atoms with Gasteiger partial charge in [-0.2, -0.15) is 5.10 Å². The van der Waals surface area contributed by atoms with Crippen LogP contribution in [0.5, 0.6) is 0 Å². The van der Waals surface area contributed by atoms with E-state index in [1.807, 2.05) is 68.4 Å². The molecule has 5 rings (SSSR count). The van der Waals surface area contributed by atoms with E-state index in [-0.39, 0.29) is 11.6 Å². The molecule has 1 amide bonds. The minimum absolute atomic E-state index is 0.0101. The molecule has 33 heavy (non-hydrogen) atoms. The van der Waals surface area contributed by atoms with E-state index in [0.29, 0.717) is 23.5 Å². The van der Waals surface area contributed by atoms with Gasteiger partial charge in [-0.1, -0.05) is 71.8 Å². The fourth-order valence-corrected chi connectivity index (χ4v) is 4.34. The molecular weight excluding hydrogens is 416 g/mol. The van der Waals surface area contributed by atoms with Gasteiger partial charge < -0.3 is 4.90 Å². The summed E-state index contributed by atoms with van der Waals surface area (Å²) >= 11 is 0. The number of aromatic amines is 1. The van der Waals surface area contributed by atoms with Crippen LogP contribution in [0, 0.1) is 24.0 Å². The number of fused-ring (bicyclic) bond motifs is 1. The van der Waals surface area contributed by atoms with Gasteiger partial charge in [0.2, 0.25) is 0 Å². The van der Waals surface area contributed by atoms with E-state index in [2.05, 4.69) is 10.2 Å². The van der Waals surface area contributed by atoms with Gasteiger partial charge in [0, 0.05) is 29.8 Å². The number of aromatic nitrogens is 2. The molecule has 1 atom stereocenters. The van der Waals surface area contributed by atoms with Gasteiger partial charge in [0.1, 0.15) is 5.69 Å². The Labute approximate surface area is 190 Å². The molecule has 2 heterocycles. The van der Waals surface area contributed by atoms with Gasteiger partial charge in [-0.25, -0.2) is 0 Å². The number of benzene rings is 3. The predicted octanol–water partition coefficient (Wildman–Crippen LogP) is 5.35. The van der Waals surface area contributed by atoms with Crippen LogP contribution < -0.4 is 0 Å². The number of nitro benzene ring substituents is 1. The van der Waals surface area contributed by atoms with Gasteiger partial charge in [0.25, 0.3) is 11.6 Å². The number of nitrogens with zero attached hydrogens (tertiary/aromatic N) is 3. The van der Waals surface area contributed by atoms with Crippen LogP contribution >= 0.6 is 0 Å². The minimum atomic E-state index is -0.497. The Bertz CT molecular complexity index is 1360. The molecule has 7 heteroatoms. The summed E-state index contributed by atoms with van der Waals surface area (Å²) in [6, 6.07) is 22.0. The summed E-state index contributed by atoms with van der Waals surface area (Å²) in [5, 5.41) is 18.9. The first-order valence-corrected chi connectivity index (χ1v) is 10.7. The lowest BCUT2D eigenvalue weighted by atomic mass is 9.95. The van der Waals surface area contributed by atoms with E-state index in [9.17, 15) is 14.9 Å². The average Bonchev–Trinajstić information content (AvgIpc) is 3.35. The molecule has 7 nitrogen and oxygen atoms in total. The summed E-state index contributed by atoms with van der Waals surface area (Å²) in [7, 11) is 0. The highest BCUT2D eigenvalue weighted by molar-refractivity contribution is 6.00. The summed E-state index contributed by atoms with van der Waals surface area (Å²) in [6.45, 7) is 4.40. The lowest BCUT2D eigenvalue weighted by Crippen LogP contribution is -2.29. The molecule has 0 saturated carbocycles. The van der Waals surface area contributed by atoms with Crippen LogP contribution in [0.4, 0.5) is 5.69 Å². The van der Waals surface area contributed by atoms with Crippen LogP contribution in [0.25, 0.3) is 11.3 Å². The van der Waals surface area contributed by atoms with Gasteiger partial charge in [-0.15, -0.1) is 0 Å². The Balaban J connectivity index is 1.65. The van der Waals surface area contributed by atoms with Gasteiger partial charge in [-0.05, 0) is 25.0 Å². The molecule has 1 unspecified atom stereocenters. The number of hydrogen-bond donors (Lipinski definition) is 1. The highest BCUT2D eigenvalue weighted by Crippen LogP contribution is 2.44. The molecule has 1 aliphatic heterocycles. The molecule has 1 aliphatic rings. The predicted molar refractivity (Wildman–Crippen MR) is 125 cm³/mol. The number of amides is 1. The molecule has 4 aromatic rings. The number of nitrogens with one attached hydrogen (secondary N) is 1. The van der Waals surface area contributed by atoms with Crippen molar-refractivity contribution >= 4 is 11.6 Å². The van der Waals surface area contributed by atoms with E-state index in [1.54, 1.807) is 17.0 Å². The van der Waals surface area contributed by atoms with Crippen LogP contribution in [0.3, 0.4) is 0 Å². The summed E-state index contributed by atoms with van der Waals surface area (Å²) in [5.74, 6) is -0.173. The van der Waals surface area contributed by atoms with E-state index in [4.69, 9.17) is 0 Å². The van der Waals surface area contributed by atoms with Crippen molar-refractivity contribution in [2.45, 2.75) is 26.4 Å². The van der Waals surface area contributed by atoms with Gasteiger partial charge >= 0.3 is 0 Å². The monoisotopic (exact) mass is 438 g/mol. The van der Waals surface area contributed by atoms with E-state index >= 15 is 0 Å². The normalized spacial score (nSPS) is 15.0. The van der Waals surface area contributed by atoms with Crippen molar-refractivity contribution in [2.24, 2.45) is 0 Å². The van der Waals surface area contributed by atoms with Crippen LogP contribution in [-0.4, -0.2) is 25.9 Å². The number of carbonyl (C=O) groups excluding carboxylic acids is 1. The van der Waals surface area contributed by atoms with Crippen molar-refractivity contribution in [2.75, 3.05) is 0 Å². The summed E-state index contributed by atoms with van der Waals surface area (Å²) in [5.41, 5.74) is 6.66. The maximum absolute atomic E-state index is 13.5. The fourth-order valence-electron chi connectivity index (χ4n) is 4.34. The first-order valence-electron chi connectivity index (χ1n) is 10.7. The van der Waals surface area contributed by atoms with Crippen molar-refractivity contribution < 1.29 is 9.72 Å². The molecule has 0 spiro atoms. The molecule has 1 aromatic heterocycles.